The zero-order valence-electron chi connectivity index (χ0n) is 26.1. The van der Waals surface area contributed by atoms with E-state index in [-0.39, 0.29) is 13.1 Å². The number of hydrogen-bond acceptors (Lipinski definition) is 4. The number of rotatable bonds is 20. The van der Waals surface area contributed by atoms with Crippen LogP contribution in [-0.2, 0) is 32.9 Å². The zero-order chi connectivity index (χ0) is 31.8. The Hall–Kier alpha value is -3.62. The molecule has 0 spiro atoms. The summed E-state index contributed by atoms with van der Waals surface area (Å²) in [7, 11) is -8.38. The highest BCUT2D eigenvalue weighted by Crippen LogP contribution is 2.25. The molecular weight excluding hydrogens is 601 g/mol. The second kappa shape index (κ2) is 17.8. The lowest BCUT2D eigenvalue weighted by molar-refractivity contribution is 0.577. The first kappa shape index (κ1) is 34.3. The van der Waals surface area contributed by atoms with Crippen molar-refractivity contribution < 1.29 is 16.8 Å². The molecule has 4 rings (SSSR count). The Balaban J connectivity index is 1.37. The van der Waals surface area contributed by atoms with Gasteiger partial charge in [0, 0.05) is 13.1 Å². The van der Waals surface area contributed by atoms with E-state index in [0.717, 1.165) is 51.4 Å². The third kappa shape index (κ3) is 11.4. The number of sulfonamides is 2. The summed E-state index contributed by atoms with van der Waals surface area (Å²) in [6, 6.07) is 38.3. The van der Waals surface area contributed by atoms with Gasteiger partial charge in [-0.2, -0.15) is 0 Å². The van der Waals surface area contributed by atoms with Crippen molar-refractivity contribution in [2.45, 2.75) is 64.2 Å². The maximum atomic E-state index is 13.9. The molecule has 0 N–H and O–H groups in total. The molecule has 240 valence electrons. The third-order valence-corrected chi connectivity index (χ3v) is 12.4. The average Bonchev–Trinajstić information content (AvgIpc) is 3.05. The van der Waals surface area contributed by atoms with Crippen molar-refractivity contribution in [3.63, 3.8) is 0 Å². The van der Waals surface area contributed by atoms with Crippen LogP contribution in [0.4, 0.5) is 11.4 Å². The van der Waals surface area contributed by atoms with Gasteiger partial charge in [-0.15, -0.1) is 0 Å². The van der Waals surface area contributed by atoms with E-state index in [1.54, 1.807) is 48.5 Å². The van der Waals surface area contributed by atoms with Crippen molar-refractivity contribution in [2.24, 2.45) is 0 Å². The highest BCUT2D eigenvalue weighted by Gasteiger charge is 2.33. The van der Waals surface area contributed by atoms with Gasteiger partial charge in [-0.1, -0.05) is 123 Å². The molecule has 8 heteroatoms. The molecule has 0 aromatic heterocycles. The van der Waals surface area contributed by atoms with Crippen LogP contribution in [0.15, 0.2) is 121 Å². The SMILES string of the molecule is O=S(=O)(CS(=O)(=O)N(CCCCCCc1ccccc1)c1ccccc1)N(CCCCCCc1ccccc1)c1ccccc1. The lowest BCUT2D eigenvalue weighted by atomic mass is 10.1. The topological polar surface area (TPSA) is 74.8 Å². The van der Waals surface area contributed by atoms with E-state index in [2.05, 4.69) is 24.3 Å². The van der Waals surface area contributed by atoms with Gasteiger partial charge in [-0.3, -0.25) is 8.61 Å². The fourth-order valence-electron chi connectivity index (χ4n) is 5.53. The number of anilines is 2. The van der Waals surface area contributed by atoms with Crippen LogP contribution in [0.3, 0.4) is 0 Å². The van der Waals surface area contributed by atoms with E-state index >= 15 is 0 Å². The Morgan fingerprint density at radius 3 is 1.04 bits per heavy atom. The smallest absolute Gasteiger partial charge is 0.251 e. The summed E-state index contributed by atoms with van der Waals surface area (Å²) in [4.78, 5) is 0. The van der Waals surface area contributed by atoms with E-state index in [0.29, 0.717) is 24.2 Å². The summed E-state index contributed by atoms with van der Waals surface area (Å²) < 4.78 is 58.0. The van der Waals surface area contributed by atoms with Crippen LogP contribution in [0.2, 0.25) is 0 Å². The standard InChI is InChI=1S/C37H46N2O4S2/c40-44(41,38(36-27-15-7-16-28-36)31-19-3-1-9-21-34-23-11-5-12-24-34)33-45(42,43)39(37-29-17-8-18-30-37)32-20-4-2-10-22-35-25-13-6-14-26-35/h5-8,11-18,23-30H,1-4,9-10,19-22,31-33H2. The summed E-state index contributed by atoms with van der Waals surface area (Å²) >= 11 is 0. The van der Waals surface area contributed by atoms with Gasteiger partial charge in [-0.25, -0.2) is 16.8 Å². The first-order chi connectivity index (χ1) is 21.9. The molecule has 6 nitrogen and oxygen atoms in total. The number of para-hydroxylation sites is 2. The van der Waals surface area contributed by atoms with Gasteiger partial charge in [0.2, 0.25) is 0 Å². The summed E-state index contributed by atoms with van der Waals surface area (Å²) in [5.74, 6) is 0. The molecular formula is C37H46N2O4S2. The maximum Gasteiger partial charge on any atom is 0.251 e. The van der Waals surface area contributed by atoms with Crippen LogP contribution in [0.1, 0.15) is 62.5 Å². The summed E-state index contributed by atoms with van der Waals surface area (Å²) in [5, 5.41) is -0.980. The first-order valence-corrected chi connectivity index (χ1v) is 19.3. The van der Waals surface area contributed by atoms with Gasteiger partial charge >= 0.3 is 0 Å². The molecule has 0 amide bonds. The highest BCUT2D eigenvalue weighted by molar-refractivity contribution is 8.09. The average molecular weight is 647 g/mol. The Kier molecular flexibility index (Phi) is 13.5. The molecule has 0 fully saturated rings. The molecule has 45 heavy (non-hydrogen) atoms. The second-order valence-electron chi connectivity index (χ2n) is 11.5. The van der Waals surface area contributed by atoms with Gasteiger partial charge in [0.15, 0.2) is 5.08 Å². The van der Waals surface area contributed by atoms with E-state index in [9.17, 15) is 16.8 Å². The molecule has 0 bridgehead atoms. The summed E-state index contributed by atoms with van der Waals surface area (Å²) in [6.07, 6.45) is 8.99. The molecule has 0 atom stereocenters. The third-order valence-electron chi connectivity index (χ3n) is 7.90. The van der Waals surface area contributed by atoms with Crippen molar-refractivity contribution in [3.8, 4) is 0 Å². The molecule has 4 aromatic carbocycles. The molecule has 0 saturated carbocycles. The second-order valence-corrected chi connectivity index (χ2v) is 15.6. The van der Waals surface area contributed by atoms with Crippen LogP contribution >= 0.6 is 0 Å². The van der Waals surface area contributed by atoms with Crippen molar-refractivity contribution in [1.29, 1.82) is 0 Å². The Labute approximate surface area is 270 Å². The van der Waals surface area contributed by atoms with Crippen molar-refractivity contribution in [2.75, 3.05) is 26.8 Å². The van der Waals surface area contributed by atoms with Crippen molar-refractivity contribution in [1.82, 2.24) is 0 Å². The molecule has 0 unspecified atom stereocenters. The van der Waals surface area contributed by atoms with Crippen LogP contribution < -0.4 is 8.61 Å². The number of benzene rings is 4. The minimum Gasteiger partial charge on any atom is -0.269 e. The monoisotopic (exact) mass is 646 g/mol. The fraction of sp³-hybridized carbons (Fsp3) is 0.351. The molecule has 0 aliphatic heterocycles. The molecule has 0 aliphatic carbocycles. The predicted octanol–water partition coefficient (Wildman–Crippen LogP) is 8.22. The molecule has 0 heterocycles. The molecule has 0 aliphatic rings. The number of nitrogens with zero attached hydrogens (tertiary/aromatic N) is 2. The molecule has 0 radical (unpaired) electrons. The Morgan fingerprint density at radius 2 is 0.689 bits per heavy atom. The van der Waals surface area contributed by atoms with Gasteiger partial charge in [0.1, 0.15) is 0 Å². The lowest BCUT2D eigenvalue weighted by Gasteiger charge is -2.28. The molecule has 0 saturated heterocycles. The van der Waals surface area contributed by atoms with Gasteiger partial charge in [0.05, 0.1) is 11.4 Å². The fourth-order valence-corrected chi connectivity index (χ4v) is 9.75. The van der Waals surface area contributed by atoms with Crippen LogP contribution in [0, 0.1) is 0 Å². The van der Waals surface area contributed by atoms with Crippen LogP contribution in [-0.4, -0.2) is 35.0 Å². The van der Waals surface area contributed by atoms with Gasteiger partial charge in [-0.05, 0) is 73.9 Å². The number of hydrogen-bond donors (Lipinski definition) is 0. The van der Waals surface area contributed by atoms with Crippen molar-refractivity contribution in [3.05, 3.63) is 132 Å². The van der Waals surface area contributed by atoms with Crippen LogP contribution in [0.25, 0.3) is 0 Å². The van der Waals surface area contributed by atoms with Crippen molar-refractivity contribution >= 4 is 31.4 Å². The Bertz CT molecular complexity index is 1480. The van der Waals surface area contributed by atoms with E-state index in [1.807, 2.05) is 48.5 Å². The highest BCUT2D eigenvalue weighted by atomic mass is 32.3. The normalized spacial score (nSPS) is 11.7. The number of unbranched alkanes of at least 4 members (excludes halogenated alkanes) is 6. The zero-order valence-corrected chi connectivity index (χ0v) is 27.7. The lowest BCUT2D eigenvalue weighted by Crippen LogP contribution is -2.42. The Morgan fingerprint density at radius 1 is 0.378 bits per heavy atom. The summed E-state index contributed by atoms with van der Waals surface area (Å²) in [6.45, 7) is 0.472. The van der Waals surface area contributed by atoms with E-state index < -0.39 is 25.1 Å². The van der Waals surface area contributed by atoms with Gasteiger partial charge in [0.25, 0.3) is 20.0 Å². The number of aryl methyl sites for hydroxylation is 2. The van der Waals surface area contributed by atoms with E-state index in [4.69, 9.17) is 0 Å². The summed E-state index contributed by atoms with van der Waals surface area (Å²) in [5.41, 5.74) is 3.57. The maximum absolute atomic E-state index is 13.9. The molecule has 4 aromatic rings. The minimum atomic E-state index is -4.19. The quantitative estimate of drug-likeness (QED) is 0.0907. The minimum absolute atomic E-state index is 0.236. The van der Waals surface area contributed by atoms with Crippen LogP contribution in [0.5, 0.6) is 0 Å². The van der Waals surface area contributed by atoms with E-state index in [1.165, 1.54) is 19.7 Å². The predicted molar refractivity (Wildman–Crippen MR) is 188 cm³/mol. The van der Waals surface area contributed by atoms with Gasteiger partial charge < -0.3 is 0 Å². The first-order valence-electron chi connectivity index (χ1n) is 16.0. The largest absolute Gasteiger partial charge is 0.269 e.